The number of benzene rings is 1. The molecule has 1 aromatic carbocycles. The van der Waals surface area contributed by atoms with E-state index in [1.165, 1.54) is 0 Å². The molecule has 1 aromatic rings. The number of halogens is 5. The first-order chi connectivity index (χ1) is 7.15. The van der Waals surface area contributed by atoms with E-state index in [4.69, 9.17) is 4.78 Å². The van der Waals surface area contributed by atoms with Crippen molar-refractivity contribution in [2.24, 2.45) is 0 Å². The Bertz CT molecular complexity index is 472. The predicted octanol–water partition coefficient (Wildman–Crippen LogP) is -0.627. The second-order valence-electron chi connectivity index (χ2n) is 3.01. The fraction of sp³-hybridized carbons (Fsp3) is 0.143. The van der Waals surface area contributed by atoms with Gasteiger partial charge in [-0.05, 0) is 12.1 Å². The molecule has 2 nitrogen and oxygen atoms in total. The summed E-state index contributed by atoms with van der Waals surface area (Å²) in [5.41, 5.74) is -0.979. The zero-order valence-corrected chi connectivity index (χ0v) is 12.6. The Balaban J connectivity index is 0.00000256. The molecule has 17 heavy (non-hydrogen) atoms. The van der Waals surface area contributed by atoms with E-state index in [1.807, 2.05) is 0 Å². The molecule has 10 heteroatoms. The number of alkyl halides is 2. The standard InChI is InChI=1S/C7H6BF5NOS.K/c9-7(10)16(14,15)6-3-1-5(2-4-6)8(11,12)13;/h1-4,7,14H;/q-1;+1. The van der Waals surface area contributed by atoms with Gasteiger partial charge in [0.1, 0.15) is 9.73 Å². The van der Waals surface area contributed by atoms with E-state index in [0.29, 0.717) is 24.3 Å². The van der Waals surface area contributed by atoms with Crippen LogP contribution in [0.25, 0.3) is 0 Å². The Hall–Kier alpha value is 0.521. The van der Waals surface area contributed by atoms with E-state index in [2.05, 4.69) is 0 Å². The summed E-state index contributed by atoms with van der Waals surface area (Å²) in [7, 11) is -4.33. The van der Waals surface area contributed by atoms with E-state index in [1.54, 1.807) is 0 Å². The van der Waals surface area contributed by atoms with Crippen molar-refractivity contribution in [1.82, 2.24) is 0 Å². The maximum Gasteiger partial charge on any atom is 1.00 e. The van der Waals surface area contributed by atoms with E-state index < -0.39 is 32.8 Å². The Kier molecular flexibility index (Phi) is 6.30. The molecule has 0 saturated carbocycles. The molecule has 0 aromatic heterocycles. The monoisotopic (exact) mass is 297 g/mol. The van der Waals surface area contributed by atoms with Gasteiger partial charge in [-0.2, -0.15) is 8.78 Å². The Morgan fingerprint density at radius 2 is 1.53 bits per heavy atom. The molecule has 1 unspecified atom stereocenters. The molecule has 0 aliphatic carbocycles. The van der Waals surface area contributed by atoms with Crippen molar-refractivity contribution in [3.8, 4) is 0 Å². The van der Waals surface area contributed by atoms with Crippen molar-refractivity contribution >= 4 is 22.2 Å². The van der Waals surface area contributed by atoms with Crippen molar-refractivity contribution in [2.45, 2.75) is 10.7 Å². The molecule has 0 radical (unpaired) electrons. The molecule has 0 aliphatic rings. The van der Waals surface area contributed by atoms with Gasteiger partial charge in [-0.25, -0.2) is 8.99 Å². The van der Waals surface area contributed by atoms with Crippen LogP contribution in [0.5, 0.6) is 0 Å². The van der Waals surface area contributed by atoms with Crippen molar-refractivity contribution in [2.75, 3.05) is 0 Å². The fourth-order valence-electron chi connectivity index (χ4n) is 0.991. The van der Waals surface area contributed by atoms with Gasteiger partial charge in [-0.1, -0.05) is 12.1 Å². The second kappa shape index (κ2) is 6.11. The van der Waals surface area contributed by atoms with Crippen LogP contribution in [0.2, 0.25) is 0 Å². The van der Waals surface area contributed by atoms with Gasteiger partial charge in [0.05, 0.1) is 4.90 Å². The molecule has 1 rings (SSSR count). The summed E-state index contributed by atoms with van der Waals surface area (Å²) >= 11 is 0. The Morgan fingerprint density at radius 3 is 1.82 bits per heavy atom. The third-order valence-corrected chi connectivity index (χ3v) is 3.33. The van der Waals surface area contributed by atoms with Crippen LogP contribution in [0.15, 0.2) is 29.2 Å². The maximum absolute atomic E-state index is 12.2. The van der Waals surface area contributed by atoms with Crippen LogP contribution in [0.3, 0.4) is 0 Å². The van der Waals surface area contributed by atoms with E-state index >= 15 is 0 Å². The third-order valence-electron chi connectivity index (χ3n) is 1.86. The number of rotatable bonds is 3. The Labute approximate surface area is 137 Å². The van der Waals surface area contributed by atoms with Crippen LogP contribution in [0.4, 0.5) is 21.7 Å². The summed E-state index contributed by atoms with van der Waals surface area (Å²) in [6.07, 6.45) is 0. The van der Waals surface area contributed by atoms with Crippen LogP contribution in [0, 0.1) is 4.78 Å². The molecule has 0 saturated heterocycles. The SMILES string of the molecule is N=S(=O)(c1ccc([B-](F)(F)F)cc1)C(F)F.[K+]. The summed E-state index contributed by atoms with van der Waals surface area (Å²) < 4.78 is 78.8. The van der Waals surface area contributed by atoms with Gasteiger partial charge in [0.25, 0.3) is 0 Å². The van der Waals surface area contributed by atoms with E-state index in [9.17, 15) is 25.9 Å². The Morgan fingerprint density at radius 1 is 1.12 bits per heavy atom. The van der Waals surface area contributed by atoms with Crippen LogP contribution < -0.4 is 56.8 Å². The normalized spacial score (nSPS) is 15.2. The number of nitrogens with one attached hydrogen (secondary N) is 1. The molecule has 0 heterocycles. The summed E-state index contributed by atoms with van der Waals surface area (Å²) in [6, 6.07) is 2.38. The third kappa shape index (κ3) is 4.28. The topological polar surface area (TPSA) is 40.9 Å². The van der Waals surface area contributed by atoms with Crippen molar-refractivity contribution in [3.63, 3.8) is 0 Å². The first-order valence-corrected chi connectivity index (χ1v) is 5.63. The van der Waals surface area contributed by atoms with Gasteiger partial charge in [0.2, 0.25) is 0 Å². The quantitative estimate of drug-likeness (QED) is 0.586. The van der Waals surface area contributed by atoms with E-state index in [-0.39, 0.29) is 51.4 Å². The minimum absolute atomic E-state index is 0. The zero-order valence-electron chi connectivity index (χ0n) is 8.67. The molecule has 0 fully saturated rings. The van der Waals surface area contributed by atoms with Crippen LogP contribution in [-0.4, -0.2) is 16.9 Å². The predicted molar refractivity (Wildman–Crippen MR) is 50.3 cm³/mol. The molecule has 0 amide bonds. The van der Waals surface area contributed by atoms with Crippen molar-refractivity contribution in [3.05, 3.63) is 24.3 Å². The molecule has 90 valence electrons. The summed E-state index contributed by atoms with van der Waals surface area (Å²) in [4.78, 5) is -0.605. The number of hydrogen-bond acceptors (Lipinski definition) is 2. The molecular formula is C7H6BF5KNOS. The zero-order chi connectivity index (χ0) is 12.6. The molecule has 0 bridgehead atoms. The molecule has 1 atom stereocenters. The second-order valence-corrected chi connectivity index (χ2v) is 5.03. The smallest absolute Gasteiger partial charge is 0.445 e. The number of hydrogen-bond donors (Lipinski definition) is 1. The van der Waals surface area contributed by atoms with Crippen molar-refractivity contribution in [1.29, 1.82) is 4.78 Å². The van der Waals surface area contributed by atoms with Gasteiger partial charge in [-0.15, -0.1) is 5.46 Å². The summed E-state index contributed by atoms with van der Waals surface area (Å²) in [5, 5.41) is 0. The molecule has 0 aliphatic heterocycles. The first kappa shape index (κ1) is 17.5. The van der Waals surface area contributed by atoms with Gasteiger partial charge in [-0.3, -0.25) is 0 Å². The van der Waals surface area contributed by atoms with Gasteiger partial charge >= 0.3 is 64.1 Å². The minimum Gasteiger partial charge on any atom is -0.445 e. The van der Waals surface area contributed by atoms with Gasteiger partial charge in [0, 0.05) is 0 Å². The van der Waals surface area contributed by atoms with Crippen LogP contribution >= 0.6 is 0 Å². The van der Waals surface area contributed by atoms with Crippen LogP contribution in [-0.2, 0) is 9.73 Å². The average molecular weight is 297 g/mol. The van der Waals surface area contributed by atoms with E-state index in [0.717, 1.165) is 0 Å². The fourth-order valence-corrected chi connectivity index (χ4v) is 1.74. The molecular weight excluding hydrogens is 291 g/mol. The maximum atomic E-state index is 12.2. The summed E-state index contributed by atoms with van der Waals surface area (Å²) in [5.74, 6) is -3.42. The average Bonchev–Trinajstić information content (AvgIpc) is 2.16. The molecule has 0 spiro atoms. The first-order valence-electron chi connectivity index (χ1n) is 4.01. The largest absolute Gasteiger partial charge is 1.00 e. The minimum atomic E-state index is -5.22. The molecule has 1 N–H and O–H groups in total. The van der Waals surface area contributed by atoms with Gasteiger partial charge < -0.3 is 12.9 Å². The van der Waals surface area contributed by atoms with Crippen molar-refractivity contribution < 1.29 is 77.3 Å². The van der Waals surface area contributed by atoms with Crippen LogP contribution in [0.1, 0.15) is 0 Å². The summed E-state index contributed by atoms with van der Waals surface area (Å²) in [6.45, 7) is -5.22. The van der Waals surface area contributed by atoms with Gasteiger partial charge in [0.15, 0.2) is 0 Å².